The summed E-state index contributed by atoms with van der Waals surface area (Å²) >= 11 is 2.83. The van der Waals surface area contributed by atoms with Gasteiger partial charge < -0.3 is 5.11 Å². The van der Waals surface area contributed by atoms with Crippen LogP contribution in [-0.4, -0.2) is 27.8 Å². The van der Waals surface area contributed by atoms with Crippen LogP contribution < -0.4 is 0 Å². The quantitative estimate of drug-likeness (QED) is 0.610. The highest BCUT2D eigenvalue weighted by atomic mass is 32.2. The van der Waals surface area contributed by atoms with Crippen molar-refractivity contribution in [1.29, 1.82) is 0 Å². The monoisotopic (exact) mass is 274 g/mol. The molecule has 0 fully saturated rings. The molecule has 0 heterocycles. The van der Waals surface area contributed by atoms with Crippen molar-refractivity contribution < 1.29 is 14.3 Å². The first-order chi connectivity index (χ1) is 8.15. The van der Waals surface area contributed by atoms with E-state index in [0.29, 0.717) is 17.1 Å². The van der Waals surface area contributed by atoms with Crippen LogP contribution in [0.25, 0.3) is 0 Å². The Morgan fingerprint density at radius 2 is 2.12 bits per heavy atom. The summed E-state index contributed by atoms with van der Waals surface area (Å²) in [5.41, 5.74) is 0. The van der Waals surface area contributed by atoms with Gasteiger partial charge in [0, 0.05) is 16.4 Å². The van der Waals surface area contributed by atoms with Crippen molar-refractivity contribution in [2.45, 2.75) is 23.5 Å². The van der Waals surface area contributed by atoms with Gasteiger partial charge in [-0.3, -0.25) is 4.79 Å². The van der Waals surface area contributed by atoms with Crippen molar-refractivity contribution in [3.8, 4) is 0 Å². The molecule has 17 heavy (non-hydrogen) atoms. The standard InChI is InChI=1S/C12H15FO2S2/c1-2-10(12(14)15)16-7-8-17-11-6-4-3-5-9(11)13/h3-6,10H,2,7-8H2,1H3,(H,14,15). The summed E-state index contributed by atoms with van der Waals surface area (Å²) in [7, 11) is 0. The van der Waals surface area contributed by atoms with Crippen LogP contribution in [0.1, 0.15) is 13.3 Å². The third kappa shape index (κ3) is 5.00. The summed E-state index contributed by atoms with van der Waals surface area (Å²) in [5.74, 6) is 0.445. The summed E-state index contributed by atoms with van der Waals surface area (Å²) in [5, 5.41) is 8.50. The largest absolute Gasteiger partial charge is 0.480 e. The Balaban J connectivity index is 2.29. The van der Waals surface area contributed by atoms with Crippen LogP contribution in [0, 0.1) is 5.82 Å². The van der Waals surface area contributed by atoms with E-state index in [1.165, 1.54) is 29.6 Å². The fraction of sp³-hybridized carbons (Fsp3) is 0.417. The molecule has 0 aromatic heterocycles. The third-order valence-electron chi connectivity index (χ3n) is 2.14. The predicted octanol–water partition coefficient (Wildman–Crippen LogP) is 3.51. The molecule has 1 aromatic carbocycles. The number of benzene rings is 1. The number of halogens is 1. The van der Waals surface area contributed by atoms with Gasteiger partial charge in [0.2, 0.25) is 0 Å². The summed E-state index contributed by atoms with van der Waals surface area (Å²) in [6.07, 6.45) is 0.615. The van der Waals surface area contributed by atoms with Gasteiger partial charge in [-0.25, -0.2) is 4.39 Å². The molecule has 0 saturated carbocycles. The second-order valence-corrected chi connectivity index (χ2v) is 5.83. The summed E-state index contributed by atoms with van der Waals surface area (Å²) in [6.45, 7) is 1.86. The topological polar surface area (TPSA) is 37.3 Å². The Labute approximate surface area is 109 Å². The van der Waals surface area contributed by atoms with Gasteiger partial charge in [-0.2, -0.15) is 0 Å². The molecule has 1 unspecified atom stereocenters. The first-order valence-electron chi connectivity index (χ1n) is 5.37. The van der Waals surface area contributed by atoms with Gasteiger partial charge in [0.05, 0.1) is 0 Å². The second-order valence-electron chi connectivity index (χ2n) is 3.38. The molecule has 0 aliphatic carbocycles. The van der Waals surface area contributed by atoms with E-state index < -0.39 is 5.97 Å². The predicted molar refractivity (Wildman–Crippen MR) is 71.3 cm³/mol. The van der Waals surface area contributed by atoms with E-state index in [1.807, 2.05) is 6.92 Å². The van der Waals surface area contributed by atoms with Gasteiger partial charge in [0.15, 0.2) is 0 Å². The Morgan fingerprint density at radius 3 is 2.71 bits per heavy atom. The highest BCUT2D eigenvalue weighted by Crippen LogP contribution is 2.23. The number of aliphatic carboxylic acids is 1. The molecule has 1 rings (SSSR count). The fourth-order valence-electron chi connectivity index (χ4n) is 1.27. The van der Waals surface area contributed by atoms with Crippen molar-refractivity contribution in [1.82, 2.24) is 0 Å². The SMILES string of the molecule is CCC(SCCSc1ccccc1F)C(=O)O. The zero-order valence-electron chi connectivity index (χ0n) is 9.56. The highest BCUT2D eigenvalue weighted by molar-refractivity contribution is 8.03. The van der Waals surface area contributed by atoms with E-state index in [1.54, 1.807) is 18.2 Å². The lowest BCUT2D eigenvalue weighted by Crippen LogP contribution is -2.15. The van der Waals surface area contributed by atoms with Gasteiger partial charge in [-0.1, -0.05) is 19.1 Å². The Morgan fingerprint density at radius 1 is 1.41 bits per heavy atom. The van der Waals surface area contributed by atoms with E-state index in [9.17, 15) is 9.18 Å². The van der Waals surface area contributed by atoms with Crippen molar-refractivity contribution >= 4 is 29.5 Å². The normalized spacial score (nSPS) is 12.4. The summed E-state index contributed by atoms with van der Waals surface area (Å²) in [4.78, 5) is 11.4. The lowest BCUT2D eigenvalue weighted by atomic mass is 10.3. The minimum absolute atomic E-state index is 0.215. The minimum atomic E-state index is -0.770. The molecule has 94 valence electrons. The zero-order valence-corrected chi connectivity index (χ0v) is 11.2. The summed E-state index contributed by atoms with van der Waals surface area (Å²) < 4.78 is 13.2. The van der Waals surface area contributed by atoms with E-state index >= 15 is 0 Å². The average molecular weight is 274 g/mol. The maximum atomic E-state index is 13.2. The Bertz CT molecular complexity index is 371. The number of carboxylic acid groups (broad SMARTS) is 1. The minimum Gasteiger partial charge on any atom is -0.480 e. The lowest BCUT2D eigenvalue weighted by molar-refractivity contribution is -0.136. The number of hydrogen-bond acceptors (Lipinski definition) is 3. The Kier molecular flexibility index (Phi) is 6.44. The van der Waals surface area contributed by atoms with Crippen LogP contribution in [0.5, 0.6) is 0 Å². The fourth-order valence-corrected chi connectivity index (χ4v) is 3.25. The van der Waals surface area contributed by atoms with Crippen molar-refractivity contribution in [3.63, 3.8) is 0 Å². The second kappa shape index (κ2) is 7.61. The summed E-state index contributed by atoms with van der Waals surface area (Å²) in [6, 6.07) is 6.62. The van der Waals surface area contributed by atoms with Crippen molar-refractivity contribution in [3.05, 3.63) is 30.1 Å². The van der Waals surface area contributed by atoms with E-state index in [4.69, 9.17) is 5.11 Å². The molecule has 0 aliphatic heterocycles. The van der Waals surface area contributed by atoms with Gasteiger partial charge >= 0.3 is 5.97 Å². The van der Waals surface area contributed by atoms with Crippen LogP contribution in [0.3, 0.4) is 0 Å². The van der Waals surface area contributed by atoms with Crippen LogP contribution in [-0.2, 0) is 4.79 Å². The zero-order chi connectivity index (χ0) is 12.7. The first-order valence-corrected chi connectivity index (χ1v) is 7.40. The van der Waals surface area contributed by atoms with Gasteiger partial charge in [-0.15, -0.1) is 23.5 Å². The van der Waals surface area contributed by atoms with Gasteiger partial charge in [-0.05, 0) is 18.6 Å². The van der Waals surface area contributed by atoms with Crippen molar-refractivity contribution in [2.24, 2.45) is 0 Å². The van der Waals surface area contributed by atoms with Crippen LogP contribution >= 0.6 is 23.5 Å². The first kappa shape index (κ1) is 14.4. The molecule has 1 aromatic rings. The molecule has 5 heteroatoms. The molecular formula is C12H15FO2S2. The number of thioether (sulfide) groups is 2. The number of rotatable bonds is 7. The molecule has 0 spiro atoms. The number of carbonyl (C=O) groups is 1. The average Bonchev–Trinajstić information content (AvgIpc) is 2.31. The lowest BCUT2D eigenvalue weighted by Gasteiger charge is -2.08. The Hall–Kier alpha value is -0.680. The number of hydrogen-bond donors (Lipinski definition) is 1. The van der Waals surface area contributed by atoms with Crippen LogP contribution in [0.15, 0.2) is 29.2 Å². The van der Waals surface area contributed by atoms with Crippen molar-refractivity contribution in [2.75, 3.05) is 11.5 Å². The smallest absolute Gasteiger partial charge is 0.316 e. The molecule has 1 N–H and O–H groups in total. The number of carboxylic acids is 1. The molecule has 0 aliphatic rings. The molecule has 1 atom stereocenters. The van der Waals surface area contributed by atoms with E-state index in [-0.39, 0.29) is 11.1 Å². The molecule has 0 radical (unpaired) electrons. The third-order valence-corrected chi connectivity index (χ3v) is 4.83. The maximum Gasteiger partial charge on any atom is 0.316 e. The van der Waals surface area contributed by atoms with E-state index in [2.05, 4.69) is 0 Å². The molecule has 0 saturated heterocycles. The molecule has 0 amide bonds. The van der Waals surface area contributed by atoms with Crippen LogP contribution in [0.4, 0.5) is 4.39 Å². The molecule has 2 nitrogen and oxygen atoms in total. The van der Waals surface area contributed by atoms with Gasteiger partial charge in [0.1, 0.15) is 11.1 Å². The highest BCUT2D eigenvalue weighted by Gasteiger charge is 2.14. The van der Waals surface area contributed by atoms with E-state index in [0.717, 1.165) is 5.75 Å². The molecular weight excluding hydrogens is 259 g/mol. The van der Waals surface area contributed by atoms with Gasteiger partial charge in [0.25, 0.3) is 0 Å². The molecule has 0 bridgehead atoms. The maximum absolute atomic E-state index is 13.2. The van der Waals surface area contributed by atoms with Crippen LogP contribution in [0.2, 0.25) is 0 Å².